The molecule has 1 aliphatic carbocycles. The number of hydrogen-bond acceptors (Lipinski definition) is 2. The van der Waals surface area contributed by atoms with Gasteiger partial charge >= 0.3 is 0 Å². The van der Waals surface area contributed by atoms with Crippen LogP contribution in [0.5, 0.6) is 5.75 Å². The van der Waals surface area contributed by atoms with Gasteiger partial charge in [-0.15, -0.1) is 0 Å². The molecule has 5 heteroatoms. The molecular weight excluding hydrogens is 365 g/mol. The van der Waals surface area contributed by atoms with Gasteiger partial charge in [-0.2, -0.15) is 0 Å². The molecule has 0 unspecified atom stereocenters. The van der Waals surface area contributed by atoms with Gasteiger partial charge in [0.15, 0.2) is 0 Å². The minimum Gasteiger partial charge on any atom is -0.495 e. The fourth-order valence-corrected chi connectivity index (χ4v) is 4.58. The summed E-state index contributed by atoms with van der Waals surface area (Å²) in [4.78, 5) is 0. The number of hydrogen-bond donors (Lipinski definition) is 1. The maximum Gasteiger partial charge on any atom is 0.142 e. The molecule has 2 aromatic carbocycles. The number of methoxy groups -OCH3 is 1. The number of ether oxygens (including phenoxy) is 1. The Labute approximate surface area is 156 Å². The Hall–Kier alpha value is -1.35. The fraction of sp³-hybridized carbons (Fsp3) is 0.263. The molecule has 24 heavy (non-hydrogen) atoms. The van der Waals surface area contributed by atoms with Crippen LogP contribution in [0.2, 0.25) is 15.1 Å². The first-order valence-electron chi connectivity index (χ1n) is 7.85. The van der Waals surface area contributed by atoms with Gasteiger partial charge in [0.05, 0.1) is 28.9 Å². The highest BCUT2D eigenvalue weighted by atomic mass is 35.5. The second kappa shape index (κ2) is 6.18. The first-order chi connectivity index (χ1) is 11.6. The van der Waals surface area contributed by atoms with Gasteiger partial charge in [-0.05, 0) is 36.1 Å². The van der Waals surface area contributed by atoms with Gasteiger partial charge in [-0.3, -0.25) is 0 Å². The van der Waals surface area contributed by atoms with Gasteiger partial charge in [0.25, 0.3) is 0 Å². The molecule has 124 valence electrons. The highest BCUT2D eigenvalue weighted by Gasteiger charge is 2.41. The van der Waals surface area contributed by atoms with E-state index in [4.69, 9.17) is 39.5 Å². The second-order valence-electron chi connectivity index (χ2n) is 6.16. The number of halogens is 3. The van der Waals surface area contributed by atoms with Crippen LogP contribution in [0.3, 0.4) is 0 Å². The van der Waals surface area contributed by atoms with E-state index in [-0.39, 0.29) is 12.0 Å². The Morgan fingerprint density at radius 1 is 1.08 bits per heavy atom. The molecule has 0 amide bonds. The SMILES string of the molecule is COc1ccc(Cl)c2c1N[C@H](c1cccc(Cl)c1Cl)[C@@H]1CC=C[C@H]21. The van der Waals surface area contributed by atoms with Crippen molar-refractivity contribution in [3.63, 3.8) is 0 Å². The lowest BCUT2D eigenvalue weighted by Gasteiger charge is -2.39. The Balaban J connectivity index is 1.89. The molecule has 2 aromatic rings. The normalized spacial score (nSPS) is 24.2. The second-order valence-corrected chi connectivity index (χ2v) is 7.35. The van der Waals surface area contributed by atoms with Crippen molar-refractivity contribution in [3.05, 3.63) is 68.7 Å². The van der Waals surface area contributed by atoms with E-state index in [0.29, 0.717) is 16.0 Å². The highest BCUT2D eigenvalue weighted by Crippen LogP contribution is 2.55. The molecule has 0 bridgehead atoms. The zero-order valence-corrected chi connectivity index (χ0v) is 15.3. The first kappa shape index (κ1) is 16.1. The van der Waals surface area contributed by atoms with Crippen LogP contribution >= 0.6 is 34.8 Å². The topological polar surface area (TPSA) is 21.3 Å². The number of fused-ring (bicyclic) bond motifs is 3. The van der Waals surface area contributed by atoms with E-state index in [9.17, 15) is 0 Å². The maximum absolute atomic E-state index is 6.51. The van der Waals surface area contributed by atoms with E-state index in [2.05, 4.69) is 17.5 Å². The summed E-state index contributed by atoms with van der Waals surface area (Å²) in [5.74, 6) is 1.37. The largest absolute Gasteiger partial charge is 0.495 e. The molecule has 2 nitrogen and oxygen atoms in total. The predicted octanol–water partition coefficient (Wildman–Crippen LogP) is 6.48. The van der Waals surface area contributed by atoms with E-state index >= 15 is 0 Å². The zero-order valence-electron chi connectivity index (χ0n) is 13.0. The van der Waals surface area contributed by atoms with E-state index < -0.39 is 0 Å². The van der Waals surface area contributed by atoms with Gasteiger partial charge in [0, 0.05) is 16.5 Å². The van der Waals surface area contributed by atoms with Crippen molar-refractivity contribution in [2.24, 2.45) is 5.92 Å². The van der Waals surface area contributed by atoms with Crippen molar-refractivity contribution >= 4 is 40.5 Å². The first-order valence-corrected chi connectivity index (χ1v) is 8.98. The summed E-state index contributed by atoms with van der Waals surface area (Å²) in [7, 11) is 1.67. The molecule has 3 atom stereocenters. The van der Waals surface area contributed by atoms with Crippen LogP contribution in [0.1, 0.15) is 29.5 Å². The Kier molecular flexibility index (Phi) is 4.16. The number of nitrogens with one attached hydrogen (secondary N) is 1. The van der Waals surface area contributed by atoms with Gasteiger partial charge in [0.1, 0.15) is 5.75 Å². The quantitative estimate of drug-likeness (QED) is 0.602. The fourth-order valence-electron chi connectivity index (χ4n) is 3.88. The minimum absolute atomic E-state index is 0.0519. The summed E-state index contributed by atoms with van der Waals surface area (Å²) < 4.78 is 5.55. The molecule has 0 fully saturated rings. The number of anilines is 1. The third kappa shape index (κ3) is 2.40. The summed E-state index contributed by atoms with van der Waals surface area (Å²) in [5.41, 5.74) is 3.05. The number of allylic oxidation sites excluding steroid dienone is 2. The molecule has 0 saturated carbocycles. The van der Waals surface area contributed by atoms with E-state index in [1.165, 1.54) is 0 Å². The molecule has 2 aliphatic rings. The monoisotopic (exact) mass is 379 g/mol. The van der Waals surface area contributed by atoms with Crippen LogP contribution in [0.4, 0.5) is 5.69 Å². The van der Waals surface area contributed by atoms with Crippen LogP contribution in [0.25, 0.3) is 0 Å². The Morgan fingerprint density at radius 3 is 2.71 bits per heavy atom. The van der Waals surface area contributed by atoms with Crippen LogP contribution in [-0.4, -0.2) is 7.11 Å². The summed E-state index contributed by atoms with van der Waals surface area (Å²) >= 11 is 19.2. The maximum atomic E-state index is 6.51. The van der Waals surface area contributed by atoms with Gasteiger partial charge in [-0.25, -0.2) is 0 Å². The summed E-state index contributed by atoms with van der Waals surface area (Å²) in [6.45, 7) is 0. The third-order valence-electron chi connectivity index (χ3n) is 4.96. The van der Waals surface area contributed by atoms with E-state index in [1.807, 2.05) is 30.3 Å². The minimum atomic E-state index is 0.0519. The molecule has 1 N–H and O–H groups in total. The van der Waals surface area contributed by atoms with Gasteiger partial charge in [0.2, 0.25) is 0 Å². The molecule has 0 aromatic heterocycles. The Bertz CT molecular complexity index is 834. The lowest BCUT2D eigenvalue weighted by Crippen LogP contribution is -2.29. The third-order valence-corrected chi connectivity index (χ3v) is 6.13. The van der Waals surface area contributed by atoms with E-state index in [1.54, 1.807) is 7.11 Å². The lowest BCUT2D eigenvalue weighted by molar-refractivity contribution is 0.397. The van der Waals surface area contributed by atoms with Crippen LogP contribution in [-0.2, 0) is 0 Å². The molecular formula is C19H16Cl3NO. The molecule has 1 aliphatic heterocycles. The van der Waals surface area contributed by atoms with Crippen LogP contribution < -0.4 is 10.1 Å². The molecule has 4 rings (SSSR count). The standard InChI is InChI=1S/C19H16Cl3NO/c1-24-15-9-8-13(20)16-10-4-2-5-11(10)18(23-19(15)16)12-6-3-7-14(21)17(12)22/h2-4,6-11,18,23H,5H2,1H3/t10-,11+,18-/m0/s1. The number of benzene rings is 2. The summed E-state index contributed by atoms with van der Waals surface area (Å²) in [5, 5.41) is 5.56. The van der Waals surface area contributed by atoms with E-state index in [0.717, 1.165) is 34.0 Å². The van der Waals surface area contributed by atoms with Crippen molar-refractivity contribution in [2.45, 2.75) is 18.4 Å². The molecule has 0 radical (unpaired) electrons. The molecule has 1 heterocycles. The predicted molar refractivity (Wildman–Crippen MR) is 101 cm³/mol. The average molecular weight is 381 g/mol. The molecule has 0 saturated heterocycles. The van der Waals surface area contributed by atoms with Crippen molar-refractivity contribution in [1.29, 1.82) is 0 Å². The lowest BCUT2D eigenvalue weighted by atomic mass is 9.77. The van der Waals surface area contributed by atoms with Crippen LogP contribution in [0.15, 0.2) is 42.5 Å². The van der Waals surface area contributed by atoms with Gasteiger partial charge in [-0.1, -0.05) is 59.1 Å². The zero-order chi connectivity index (χ0) is 16.8. The molecule has 0 spiro atoms. The van der Waals surface area contributed by atoms with Gasteiger partial charge < -0.3 is 10.1 Å². The van der Waals surface area contributed by atoms with Crippen molar-refractivity contribution < 1.29 is 4.74 Å². The Morgan fingerprint density at radius 2 is 1.92 bits per heavy atom. The van der Waals surface area contributed by atoms with Crippen molar-refractivity contribution in [3.8, 4) is 5.75 Å². The van der Waals surface area contributed by atoms with Crippen LogP contribution in [0, 0.1) is 5.92 Å². The number of rotatable bonds is 2. The van der Waals surface area contributed by atoms with Crippen molar-refractivity contribution in [1.82, 2.24) is 0 Å². The average Bonchev–Trinajstić information content (AvgIpc) is 3.06. The smallest absolute Gasteiger partial charge is 0.142 e. The highest BCUT2D eigenvalue weighted by molar-refractivity contribution is 6.42. The summed E-state index contributed by atoms with van der Waals surface area (Å²) in [6, 6.07) is 9.62. The van der Waals surface area contributed by atoms with Crippen molar-refractivity contribution in [2.75, 3.05) is 12.4 Å². The summed E-state index contributed by atoms with van der Waals surface area (Å²) in [6.07, 6.45) is 5.42.